The van der Waals surface area contributed by atoms with E-state index in [1.165, 1.54) is 0 Å². The highest BCUT2D eigenvalue weighted by atomic mass is 16.3. The molecule has 1 saturated heterocycles. The topological polar surface area (TPSA) is 102 Å². The maximum Gasteiger partial charge on any atom is 0.251 e. The molecular formula is C27H23N5O2. The van der Waals surface area contributed by atoms with Gasteiger partial charge in [0.1, 0.15) is 11.6 Å². The zero-order valence-corrected chi connectivity index (χ0v) is 18.7. The molecule has 1 fully saturated rings. The molecule has 1 aliphatic rings. The molecule has 3 aromatic carbocycles. The van der Waals surface area contributed by atoms with Crippen molar-refractivity contribution in [1.82, 2.24) is 15.3 Å². The van der Waals surface area contributed by atoms with Crippen molar-refractivity contribution < 1.29 is 9.90 Å². The average molecular weight is 450 g/mol. The molecule has 0 aliphatic carbocycles. The second kappa shape index (κ2) is 8.83. The smallest absolute Gasteiger partial charge is 0.251 e. The van der Waals surface area contributed by atoms with Crippen LogP contribution in [0, 0.1) is 18.3 Å². The van der Waals surface area contributed by atoms with Gasteiger partial charge in [-0.15, -0.1) is 0 Å². The van der Waals surface area contributed by atoms with Crippen LogP contribution in [-0.2, 0) is 0 Å². The zero-order chi connectivity index (χ0) is 23.7. The lowest BCUT2D eigenvalue weighted by atomic mass is 10.1. The third kappa shape index (κ3) is 4.14. The normalized spacial score (nSPS) is 15.3. The summed E-state index contributed by atoms with van der Waals surface area (Å²) in [4.78, 5) is 24.5. The monoisotopic (exact) mass is 449 g/mol. The van der Waals surface area contributed by atoms with Crippen molar-refractivity contribution in [1.29, 1.82) is 5.26 Å². The Morgan fingerprint density at radius 1 is 1.12 bits per heavy atom. The number of carbonyl (C=O) groups excluding carboxylic acids is 1. The number of rotatable bonds is 4. The summed E-state index contributed by atoms with van der Waals surface area (Å²) >= 11 is 0. The maximum absolute atomic E-state index is 12.7. The molecule has 0 saturated carbocycles. The molecule has 34 heavy (non-hydrogen) atoms. The lowest BCUT2D eigenvalue weighted by Crippen LogP contribution is -2.37. The number of anilines is 1. The molecule has 7 nitrogen and oxygen atoms in total. The van der Waals surface area contributed by atoms with Crippen LogP contribution in [0.25, 0.3) is 22.3 Å². The summed E-state index contributed by atoms with van der Waals surface area (Å²) in [7, 11) is 0. The summed E-state index contributed by atoms with van der Waals surface area (Å²) in [5.74, 6) is 1.19. The molecule has 5 rings (SSSR count). The van der Waals surface area contributed by atoms with E-state index in [-0.39, 0.29) is 17.7 Å². The van der Waals surface area contributed by atoms with Crippen LogP contribution in [0.15, 0.2) is 66.7 Å². The Labute approximate surface area is 197 Å². The highest BCUT2D eigenvalue weighted by molar-refractivity contribution is 5.95. The number of benzene rings is 3. The van der Waals surface area contributed by atoms with E-state index in [1.54, 1.807) is 42.5 Å². The van der Waals surface area contributed by atoms with Gasteiger partial charge in [0.25, 0.3) is 5.91 Å². The highest BCUT2D eigenvalue weighted by Gasteiger charge is 2.27. The molecule has 1 amide bonds. The summed E-state index contributed by atoms with van der Waals surface area (Å²) in [6, 6.07) is 21.8. The Morgan fingerprint density at radius 3 is 2.79 bits per heavy atom. The molecular weight excluding hydrogens is 426 g/mol. The number of nitrogens with one attached hydrogen (secondary N) is 1. The molecule has 1 aliphatic heterocycles. The van der Waals surface area contributed by atoms with E-state index < -0.39 is 0 Å². The molecule has 2 heterocycles. The molecule has 0 spiro atoms. The number of carbonyl (C=O) groups is 1. The molecule has 1 aromatic heterocycles. The van der Waals surface area contributed by atoms with Crippen LogP contribution in [0.2, 0.25) is 0 Å². The van der Waals surface area contributed by atoms with Gasteiger partial charge in [0.15, 0.2) is 5.82 Å². The zero-order valence-electron chi connectivity index (χ0n) is 18.7. The highest BCUT2D eigenvalue weighted by Crippen LogP contribution is 2.33. The van der Waals surface area contributed by atoms with E-state index in [0.717, 1.165) is 35.2 Å². The lowest BCUT2D eigenvalue weighted by Gasteiger charge is -2.21. The Hall–Kier alpha value is -4.44. The van der Waals surface area contributed by atoms with E-state index >= 15 is 0 Å². The number of aryl methyl sites for hydroxylation is 1. The van der Waals surface area contributed by atoms with Crippen molar-refractivity contribution >= 4 is 22.6 Å². The Kier molecular flexibility index (Phi) is 5.56. The number of phenolic OH excluding ortho intramolecular Hbond substituents is 1. The standard InChI is InChI=1S/C27H23N5O2/c1-17-9-10-21-23(13-17)30-25(22-7-2-3-8-24(22)33)31-26(21)32-12-11-20(16-32)29-27(34)19-6-4-5-18(14-19)15-28/h2-10,13-14,20,33H,11-12,16H2,1H3,(H,29,34)/t20-/m1/s1. The van der Waals surface area contributed by atoms with Crippen LogP contribution in [-0.4, -0.2) is 40.1 Å². The SMILES string of the molecule is Cc1ccc2c(N3CC[C@@H](NC(=O)c4cccc(C#N)c4)C3)nc(-c3ccccc3O)nc2c1. The molecule has 0 bridgehead atoms. The average Bonchev–Trinajstić information content (AvgIpc) is 3.31. The van der Waals surface area contributed by atoms with Crippen molar-refractivity contribution in [3.8, 4) is 23.2 Å². The maximum atomic E-state index is 12.7. The third-order valence-corrected chi connectivity index (χ3v) is 6.05. The molecule has 2 N–H and O–H groups in total. The van der Waals surface area contributed by atoms with Crippen molar-refractivity contribution in [2.45, 2.75) is 19.4 Å². The minimum atomic E-state index is -0.193. The van der Waals surface area contributed by atoms with Crippen LogP contribution >= 0.6 is 0 Å². The van der Waals surface area contributed by atoms with Gasteiger partial charge in [-0.1, -0.05) is 24.3 Å². The molecule has 0 unspecified atom stereocenters. The first-order valence-electron chi connectivity index (χ1n) is 11.1. The minimum Gasteiger partial charge on any atom is -0.507 e. The second-order valence-corrected chi connectivity index (χ2v) is 8.51. The number of nitriles is 1. The first kappa shape index (κ1) is 21.4. The van der Waals surface area contributed by atoms with Crippen LogP contribution < -0.4 is 10.2 Å². The lowest BCUT2D eigenvalue weighted by molar-refractivity contribution is 0.0940. The van der Waals surface area contributed by atoms with Gasteiger partial charge >= 0.3 is 0 Å². The largest absolute Gasteiger partial charge is 0.507 e. The Bertz CT molecular complexity index is 1440. The van der Waals surface area contributed by atoms with Crippen LogP contribution in [0.3, 0.4) is 0 Å². The van der Waals surface area contributed by atoms with Crippen LogP contribution in [0.1, 0.15) is 27.9 Å². The fraction of sp³-hybridized carbons (Fsp3) is 0.185. The third-order valence-electron chi connectivity index (χ3n) is 6.05. The Morgan fingerprint density at radius 2 is 1.97 bits per heavy atom. The van der Waals surface area contributed by atoms with E-state index in [9.17, 15) is 9.90 Å². The summed E-state index contributed by atoms with van der Waals surface area (Å²) in [6.07, 6.45) is 0.771. The van der Waals surface area contributed by atoms with Gasteiger partial charge in [0.05, 0.1) is 22.7 Å². The number of amides is 1. The number of aromatic nitrogens is 2. The van der Waals surface area contributed by atoms with Crippen molar-refractivity contribution in [3.63, 3.8) is 0 Å². The van der Waals surface area contributed by atoms with Crippen molar-refractivity contribution in [3.05, 3.63) is 83.4 Å². The first-order chi connectivity index (χ1) is 16.5. The van der Waals surface area contributed by atoms with E-state index in [2.05, 4.69) is 16.3 Å². The van der Waals surface area contributed by atoms with Gasteiger partial charge in [-0.2, -0.15) is 5.26 Å². The van der Waals surface area contributed by atoms with Crippen LogP contribution in [0.4, 0.5) is 5.82 Å². The van der Waals surface area contributed by atoms with Gasteiger partial charge in [0.2, 0.25) is 0 Å². The number of phenols is 1. The predicted octanol–water partition coefficient (Wildman–Crippen LogP) is 4.19. The van der Waals surface area contributed by atoms with Gasteiger partial charge in [-0.3, -0.25) is 4.79 Å². The number of hydrogen-bond acceptors (Lipinski definition) is 6. The Balaban J connectivity index is 1.44. The van der Waals surface area contributed by atoms with Gasteiger partial charge in [0, 0.05) is 30.1 Å². The number of fused-ring (bicyclic) bond motifs is 1. The molecule has 168 valence electrons. The first-order valence-corrected chi connectivity index (χ1v) is 11.1. The number of para-hydroxylation sites is 1. The molecule has 1 atom stereocenters. The second-order valence-electron chi connectivity index (χ2n) is 8.51. The number of hydrogen-bond donors (Lipinski definition) is 2. The van der Waals surface area contributed by atoms with Gasteiger partial charge in [-0.25, -0.2) is 9.97 Å². The summed E-state index contributed by atoms with van der Waals surface area (Å²) in [5.41, 5.74) is 3.41. The molecule has 0 radical (unpaired) electrons. The fourth-order valence-corrected chi connectivity index (χ4v) is 4.32. The predicted molar refractivity (Wildman–Crippen MR) is 131 cm³/mol. The quantitative estimate of drug-likeness (QED) is 0.484. The van der Waals surface area contributed by atoms with Gasteiger partial charge < -0.3 is 15.3 Å². The van der Waals surface area contributed by atoms with Crippen molar-refractivity contribution in [2.24, 2.45) is 0 Å². The molecule has 7 heteroatoms. The molecule has 4 aromatic rings. The van der Waals surface area contributed by atoms with E-state index in [0.29, 0.717) is 29.1 Å². The van der Waals surface area contributed by atoms with E-state index in [4.69, 9.17) is 15.2 Å². The van der Waals surface area contributed by atoms with Gasteiger partial charge in [-0.05, 0) is 61.4 Å². The number of nitrogens with zero attached hydrogens (tertiary/aromatic N) is 4. The van der Waals surface area contributed by atoms with E-state index in [1.807, 2.05) is 31.2 Å². The van der Waals surface area contributed by atoms with Crippen LogP contribution in [0.5, 0.6) is 5.75 Å². The van der Waals surface area contributed by atoms with Crippen molar-refractivity contribution in [2.75, 3.05) is 18.0 Å². The summed E-state index contributed by atoms with van der Waals surface area (Å²) in [6.45, 7) is 3.34. The summed E-state index contributed by atoms with van der Waals surface area (Å²) in [5, 5.41) is 23.5. The number of aromatic hydroxyl groups is 1. The minimum absolute atomic E-state index is 0.0534. The fourth-order valence-electron chi connectivity index (χ4n) is 4.32. The summed E-state index contributed by atoms with van der Waals surface area (Å²) < 4.78 is 0.